The minimum Gasteiger partial charge on any atom is -0.507 e. The van der Waals surface area contributed by atoms with Gasteiger partial charge in [0, 0.05) is 17.7 Å². The zero-order valence-electron chi connectivity index (χ0n) is 17.5. The first-order chi connectivity index (χ1) is 15.7. The van der Waals surface area contributed by atoms with Gasteiger partial charge in [0.15, 0.2) is 17.6 Å². The first-order valence-corrected chi connectivity index (χ1v) is 10.2. The second-order valence-corrected chi connectivity index (χ2v) is 7.85. The fourth-order valence-corrected chi connectivity index (χ4v) is 3.94. The third-order valence-corrected chi connectivity index (χ3v) is 5.72. The van der Waals surface area contributed by atoms with Gasteiger partial charge in [0.1, 0.15) is 41.7 Å². The fraction of sp³-hybridized carbons (Fsp3) is 0.409. The second kappa shape index (κ2) is 8.94. The number of carbonyl (C=O) groups is 1. The second-order valence-electron chi connectivity index (χ2n) is 7.85. The Kier molecular flexibility index (Phi) is 6.21. The van der Waals surface area contributed by atoms with Crippen LogP contribution in [0.5, 0.6) is 28.7 Å². The summed E-state index contributed by atoms with van der Waals surface area (Å²) in [6.45, 7) is 0. The summed E-state index contributed by atoms with van der Waals surface area (Å²) in [4.78, 5) is 11.3. The molecule has 0 unspecified atom stereocenters. The van der Waals surface area contributed by atoms with Gasteiger partial charge in [-0.3, -0.25) is 0 Å². The Labute approximate surface area is 188 Å². The molecule has 2 aliphatic heterocycles. The smallest absolute Gasteiger partial charge is 0.335 e. The number of phenols is 2. The van der Waals surface area contributed by atoms with Gasteiger partial charge in [-0.25, -0.2) is 4.79 Å². The number of aliphatic hydroxyl groups is 3. The first kappa shape index (κ1) is 22.9. The molecule has 2 aromatic carbocycles. The van der Waals surface area contributed by atoms with Gasteiger partial charge in [-0.05, 0) is 30.5 Å². The monoisotopic (exact) mass is 464 g/mol. The van der Waals surface area contributed by atoms with Crippen molar-refractivity contribution >= 4 is 5.97 Å². The molecule has 0 radical (unpaired) electrons. The highest BCUT2D eigenvalue weighted by Crippen LogP contribution is 2.43. The highest BCUT2D eigenvalue weighted by Gasteiger charge is 2.48. The molecule has 2 aliphatic rings. The number of carboxylic acids is 1. The van der Waals surface area contributed by atoms with Crippen molar-refractivity contribution in [2.45, 2.75) is 49.7 Å². The Morgan fingerprint density at radius 1 is 1.03 bits per heavy atom. The number of benzene rings is 2. The van der Waals surface area contributed by atoms with Crippen molar-refractivity contribution in [2.75, 3.05) is 7.11 Å². The Bertz CT molecular complexity index is 1040. The van der Waals surface area contributed by atoms with Gasteiger partial charge in [0.05, 0.1) is 7.11 Å². The highest BCUT2D eigenvalue weighted by molar-refractivity contribution is 5.73. The van der Waals surface area contributed by atoms with E-state index in [4.69, 9.17) is 24.1 Å². The molecule has 11 nitrogen and oxygen atoms in total. The molecule has 0 amide bonds. The van der Waals surface area contributed by atoms with Gasteiger partial charge in [-0.1, -0.05) is 6.07 Å². The van der Waals surface area contributed by atoms with Gasteiger partial charge in [-0.15, -0.1) is 0 Å². The molecule has 6 atom stereocenters. The lowest BCUT2D eigenvalue weighted by Crippen LogP contribution is -2.61. The van der Waals surface area contributed by atoms with Crippen LogP contribution in [-0.2, 0) is 16.0 Å². The molecule has 33 heavy (non-hydrogen) atoms. The molecule has 2 aromatic rings. The zero-order chi connectivity index (χ0) is 23.9. The number of ether oxygens (including phenoxy) is 4. The third-order valence-electron chi connectivity index (χ3n) is 5.72. The first-order valence-electron chi connectivity index (χ1n) is 10.2. The summed E-state index contributed by atoms with van der Waals surface area (Å²) in [5, 5.41) is 59.6. The molecule has 2 heterocycles. The van der Waals surface area contributed by atoms with Crippen LogP contribution in [0.3, 0.4) is 0 Å². The molecule has 0 bridgehead atoms. The number of hydrogen-bond donors (Lipinski definition) is 6. The van der Waals surface area contributed by atoms with Crippen LogP contribution in [0.25, 0.3) is 0 Å². The predicted molar refractivity (Wildman–Crippen MR) is 109 cm³/mol. The van der Waals surface area contributed by atoms with E-state index in [1.807, 2.05) is 0 Å². The van der Waals surface area contributed by atoms with Gasteiger partial charge >= 0.3 is 5.97 Å². The number of aromatic hydroxyl groups is 2. The van der Waals surface area contributed by atoms with E-state index in [1.165, 1.54) is 25.3 Å². The Hall–Kier alpha value is -3.25. The number of rotatable bonds is 5. The predicted octanol–water partition coefficient (Wildman–Crippen LogP) is 0.444. The maximum atomic E-state index is 11.3. The minimum absolute atomic E-state index is 0.0127. The number of phenolic OH excluding ortho intramolecular Hbond substituents is 2. The Balaban J connectivity index is 1.56. The van der Waals surface area contributed by atoms with Gasteiger partial charge in [0.25, 0.3) is 0 Å². The number of carboxylic acid groups (broad SMARTS) is 1. The van der Waals surface area contributed by atoms with Crippen molar-refractivity contribution in [3.05, 3.63) is 41.5 Å². The van der Waals surface area contributed by atoms with Crippen LogP contribution in [0.2, 0.25) is 0 Å². The number of aliphatic carboxylic acids is 1. The van der Waals surface area contributed by atoms with Crippen LogP contribution >= 0.6 is 0 Å². The number of aliphatic hydroxyl groups excluding tert-OH is 3. The molecule has 178 valence electrons. The summed E-state index contributed by atoms with van der Waals surface area (Å²) >= 11 is 0. The molecule has 1 saturated heterocycles. The van der Waals surface area contributed by atoms with Crippen LogP contribution in [0, 0.1) is 0 Å². The SMILES string of the molecule is COc1ccc([C@@H]2CCc3c(O)cc(O[C@H]4O[C@H](C(=O)O)[C@@H](O)[C@H](O)[C@H]4O)cc3O2)cc1O. The van der Waals surface area contributed by atoms with Crippen LogP contribution in [0.1, 0.15) is 23.7 Å². The van der Waals surface area contributed by atoms with Crippen LogP contribution < -0.4 is 14.2 Å². The summed E-state index contributed by atoms with van der Waals surface area (Å²) in [5.41, 5.74) is 1.22. The Morgan fingerprint density at radius 2 is 1.79 bits per heavy atom. The van der Waals surface area contributed by atoms with Crippen molar-refractivity contribution in [2.24, 2.45) is 0 Å². The van der Waals surface area contributed by atoms with Crippen LogP contribution in [0.4, 0.5) is 0 Å². The largest absolute Gasteiger partial charge is 0.507 e. The molecule has 0 spiro atoms. The van der Waals surface area contributed by atoms with E-state index in [0.29, 0.717) is 29.7 Å². The van der Waals surface area contributed by atoms with E-state index in [0.717, 1.165) is 0 Å². The number of hydrogen-bond acceptors (Lipinski definition) is 10. The normalized spacial score (nSPS) is 29.0. The summed E-state index contributed by atoms with van der Waals surface area (Å²) in [6.07, 6.45) is -8.30. The zero-order valence-corrected chi connectivity index (χ0v) is 17.5. The van der Waals surface area contributed by atoms with Gasteiger partial charge in [0.2, 0.25) is 6.29 Å². The summed E-state index contributed by atoms with van der Waals surface area (Å²) in [7, 11) is 1.44. The topological polar surface area (TPSA) is 175 Å². The van der Waals surface area contributed by atoms with E-state index in [2.05, 4.69) is 0 Å². The Morgan fingerprint density at radius 3 is 2.45 bits per heavy atom. The van der Waals surface area contributed by atoms with E-state index in [9.17, 15) is 30.3 Å². The molecule has 11 heteroatoms. The van der Waals surface area contributed by atoms with E-state index in [1.54, 1.807) is 12.1 Å². The molecular formula is C22H24O11. The highest BCUT2D eigenvalue weighted by atomic mass is 16.7. The lowest BCUT2D eigenvalue weighted by Gasteiger charge is -2.38. The lowest BCUT2D eigenvalue weighted by atomic mass is 9.96. The van der Waals surface area contributed by atoms with Crippen LogP contribution in [-0.4, -0.2) is 74.4 Å². The minimum atomic E-state index is -1.85. The fourth-order valence-electron chi connectivity index (χ4n) is 3.94. The third kappa shape index (κ3) is 4.35. The molecule has 0 saturated carbocycles. The maximum absolute atomic E-state index is 11.3. The van der Waals surface area contributed by atoms with Crippen molar-refractivity contribution in [1.29, 1.82) is 0 Å². The quantitative estimate of drug-likeness (QED) is 0.362. The van der Waals surface area contributed by atoms with Crippen molar-refractivity contribution in [3.8, 4) is 28.7 Å². The van der Waals surface area contributed by atoms with Crippen molar-refractivity contribution in [3.63, 3.8) is 0 Å². The average Bonchev–Trinajstić information content (AvgIpc) is 2.78. The summed E-state index contributed by atoms with van der Waals surface area (Å²) in [5.74, 6) is -1.12. The number of fused-ring (bicyclic) bond motifs is 1. The summed E-state index contributed by atoms with van der Waals surface area (Å²) < 4.78 is 21.7. The van der Waals surface area contributed by atoms with E-state index in [-0.39, 0.29) is 23.0 Å². The molecular weight excluding hydrogens is 440 g/mol. The van der Waals surface area contributed by atoms with Crippen LogP contribution in [0.15, 0.2) is 30.3 Å². The molecule has 0 aromatic heterocycles. The molecule has 6 N–H and O–H groups in total. The molecule has 4 rings (SSSR count). The average molecular weight is 464 g/mol. The summed E-state index contributed by atoms with van der Waals surface area (Å²) in [6, 6.07) is 7.58. The molecule has 0 aliphatic carbocycles. The van der Waals surface area contributed by atoms with Crippen molar-refractivity contribution < 1.29 is 54.4 Å². The molecule has 1 fully saturated rings. The van der Waals surface area contributed by atoms with Gasteiger partial charge < -0.3 is 49.6 Å². The van der Waals surface area contributed by atoms with Crippen molar-refractivity contribution in [1.82, 2.24) is 0 Å². The van der Waals surface area contributed by atoms with E-state index >= 15 is 0 Å². The lowest BCUT2D eigenvalue weighted by molar-refractivity contribution is -0.271. The maximum Gasteiger partial charge on any atom is 0.335 e. The standard InChI is InChI=1S/C22H24O11/c1-30-15-4-2-9(6-13(15)24)14-5-3-11-12(23)7-10(8-16(11)32-14)31-22-19(27)17(25)18(26)20(33-22)21(28)29/h2,4,6-8,14,17-20,22-27H,3,5H2,1H3,(H,28,29)/t14-,17-,18-,19+,20-,22-/m0/s1. The van der Waals surface area contributed by atoms with E-state index < -0.39 is 42.8 Å². The van der Waals surface area contributed by atoms with Gasteiger partial charge in [-0.2, -0.15) is 0 Å². The number of methoxy groups -OCH3 is 1.